The second-order valence-electron chi connectivity index (χ2n) is 4.86. The molecule has 3 aromatic rings. The molecule has 1 aromatic carbocycles. The molecule has 0 aliphatic carbocycles. The van der Waals surface area contributed by atoms with Gasteiger partial charge in [-0.1, -0.05) is 6.07 Å². The number of nitrogens with two attached hydrogens (primary N) is 1. The Hall–Kier alpha value is -3.29. The fourth-order valence-corrected chi connectivity index (χ4v) is 2.31. The van der Waals surface area contributed by atoms with Crippen molar-refractivity contribution >= 4 is 5.91 Å². The van der Waals surface area contributed by atoms with E-state index in [9.17, 15) is 13.6 Å². The lowest BCUT2D eigenvalue weighted by molar-refractivity contribution is 0.0996. The number of imidazole rings is 1. The van der Waals surface area contributed by atoms with Gasteiger partial charge in [0, 0.05) is 0 Å². The van der Waals surface area contributed by atoms with Gasteiger partial charge in [0.05, 0.1) is 42.1 Å². The van der Waals surface area contributed by atoms with E-state index in [0.717, 1.165) is 6.07 Å². The number of pyridine rings is 1. The maximum Gasteiger partial charge on any atom is 0.251 e. The van der Waals surface area contributed by atoms with E-state index < -0.39 is 23.1 Å². The topological polar surface area (TPSA) is 93.9 Å². The monoisotopic (exact) mass is 330 g/mol. The smallest absolute Gasteiger partial charge is 0.251 e. The number of carbonyl (C=O) groups excluding carboxylic acids is 1. The van der Waals surface area contributed by atoms with E-state index in [4.69, 9.17) is 10.5 Å². The number of carbonyl (C=O) groups is 1. The summed E-state index contributed by atoms with van der Waals surface area (Å²) >= 11 is 0. The minimum Gasteiger partial charge on any atom is -0.496 e. The Kier molecular flexibility index (Phi) is 3.95. The van der Waals surface area contributed by atoms with Gasteiger partial charge in [0.15, 0.2) is 5.82 Å². The van der Waals surface area contributed by atoms with Crippen LogP contribution in [0.2, 0.25) is 0 Å². The summed E-state index contributed by atoms with van der Waals surface area (Å²) in [5, 5.41) is 0. The first-order chi connectivity index (χ1) is 11.5. The number of aromatic nitrogens is 3. The van der Waals surface area contributed by atoms with Crippen LogP contribution in [-0.2, 0) is 0 Å². The van der Waals surface area contributed by atoms with Gasteiger partial charge in [0.2, 0.25) is 0 Å². The molecule has 0 spiro atoms. The summed E-state index contributed by atoms with van der Waals surface area (Å²) in [5.41, 5.74) is 4.89. The van der Waals surface area contributed by atoms with Gasteiger partial charge in [-0.25, -0.2) is 18.7 Å². The Bertz CT molecular complexity index is 911. The molecule has 0 aliphatic heterocycles. The quantitative estimate of drug-likeness (QED) is 0.768. The molecule has 3 N–H and O–H groups in total. The molecule has 0 radical (unpaired) electrons. The normalized spacial score (nSPS) is 10.6. The molecule has 0 saturated heterocycles. The van der Waals surface area contributed by atoms with Crippen LogP contribution in [0.15, 0.2) is 36.8 Å². The Labute approximate surface area is 135 Å². The first-order valence-corrected chi connectivity index (χ1v) is 6.85. The van der Waals surface area contributed by atoms with E-state index in [1.165, 1.54) is 37.8 Å². The molecule has 6 nitrogen and oxygen atoms in total. The standard InChI is InChI=1S/C16H12F2N4O2/c1-24-12-4-2-3-9(17)13(12)15-14(18)8(16(19)23)5-10(22-15)11-6-20-7-21-11/h2-7H,1H3,(H2,19,23)(H,20,21). The lowest BCUT2D eigenvalue weighted by Gasteiger charge is -2.12. The van der Waals surface area contributed by atoms with Crippen molar-refractivity contribution in [2.75, 3.05) is 7.11 Å². The number of aromatic amines is 1. The summed E-state index contributed by atoms with van der Waals surface area (Å²) in [6, 6.07) is 5.21. The molecule has 2 heterocycles. The first kappa shape index (κ1) is 15.6. The Morgan fingerprint density at radius 2 is 2.12 bits per heavy atom. The molecule has 0 aliphatic rings. The fraction of sp³-hybridized carbons (Fsp3) is 0.0625. The SMILES string of the molecule is COc1cccc(F)c1-c1nc(-c2cnc[nH]2)cc(C(N)=O)c1F. The number of ether oxygens (including phenoxy) is 1. The van der Waals surface area contributed by atoms with Crippen molar-refractivity contribution in [2.45, 2.75) is 0 Å². The Morgan fingerprint density at radius 1 is 1.33 bits per heavy atom. The van der Waals surface area contributed by atoms with Crippen LogP contribution >= 0.6 is 0 Å². The molecule has 3 rings (SSSR count). The minimum absolute atomic E-state index is 0.0820. The first-order valence-electron chi connectivity index (χ1n) is 6.85. The molecule has 24 heavy (non-hydrogen) atoms. The van der Waals surface area contributed by atoms with Crippen LogP contribution in [-0.4, -0.2) is 28.0 Å². The summed E-state index contributed by atoms with van der Waals surface area (Å²) in [7, 11) is 1.32. The maximum atomic E-state index is 14.7. The highest BCUT2D eigenvalue weighted by Crippen LogP contribution is 2.35. The van der Waals surface area contributed by atoms with Crippen LogP contribution in [0, 0.1) is 11.6 Å². The number of amides is 1. The highest BCUT2D eigenvalue weighted by molar-refractivity contribution is 5.95. The molecule has 8 heteroatoms. The molecule has 1 amide bonds. The predicted octanol–water partition coefficient (Wildman–Crippen LogP) is 2.52. The lowest BCUT2D eigenvalue weighted by Crippen LogP contribution is -2.15. The second-order valence-corrected chi connectivity index (χ2v) is 4.86. The number of hydrogen-bond donors (Lipinski definition) is 2. The third kappa shape index (κ3) is 2.58. The number of rotatable bonds is 4. The van der Waals surface area contributed by atoms with Gasteiger partial charge in [-0.3, -0.25) is 4.79 Å². The molecule has 0 fully saturated rings. The molecule has 0 unspecified atom stereocenters. The molecular formula is C16H12F2N4O2. The Morgan fingerprint density at radius 3 is 2.75 bits per heavy atom. The zero-order chi connectivity index (χ0) is 17.3. The van der Waals surface area contributed by atoms with Gasteiger partial charge in [-0.15, -0.1) is 0 Å². The minimum atomic E-state index is -1.02. The van der Waals surface area contributed by atoms with Gasteiger partial charge in [-0.05, 0) is 18.2 Å². The van der Waals surface area contributed by atoms with Gasteiger partial charge < -0.3 is 15.5 Å². The molecular weight excluding hydrogens is 318 g/mol. The lowest BCUT2D eigenvalue weighted by atomic mass is 10.0. The zero-order valence-corrected chi connectivity index (χ0v) is 12.5. The Balaban J connectivity index is 2.34. The van der Waals surface area contributed by atoms with Gasteiger partial charge in [0.25, 0.3) is 5.91 Å². The number of halogens is 2. The number of H-pyrrole nitrogens is 1. The van der Waals surface area contributed by atoms with Crippen LogP contribution in [0.4, 0.5) is 8.78 Å². The maximum absolute atomic E-state index is 14.7. The zero-order valence-electron chi connectivity index (χ0n) is 12.5. The van der Waals surface area contributed by atoms with Crippen molar-refractivity contribution in [3.63, 3.8) is 0 Å². The van der Waals surface area contributed by atoms with Crippen molar-refractivity contribution < 1.29 is 18.3 Å². The van der Waals surface area contributed by atoms with Gasteiger partial charge in [-0.2, -0.15) is 0 Å². The number of nitrogens with zero attached hydrogens (tertiary/aromatic N) is 2. The van der Waals surface area contributed by atoms with E-state index in [0.29, 0.717) is 5.69 Å². The van der Waals surface area contributed by atoms with Crippen LogP contribution < -0.4 is 10.5 Å². The van der Waals surface area contributed by atoms with E-state index in [1.54, 1.807) is 0 Å². The van der Waals surface area contributed by atoms with Crippen molar-refractivity contribution in [3.05, 3.63) is 54.0 Å². The van der Waals surface area contributed by atoms with Gasteiger partial charge >= 0.3 is 0 Å². The summed E-state index contributed by atoms with van der Waals surface area (Å²) in [6.07, 6.45) is 2.83. The summed E-state index contributed by atoms with van der Waals surface area (Å²) in [5.74, 6) is -2.67. The molecule has 0 saturated carbocycles. The second kappa shape index (κ2) is 6.07. The highest BCUT2D eigenvalue weighted by Gasteiger charge is 2.23. The number of benzene rings is 1. The average molecular weight is 330 g/mol. The number of methoxy groups -OCH3 is 1. The third-order valence-corrected chi connectivity index (χ3v) is 3.43. The summed E-state index contributed by atoms with van der Waals surface area (Å²) in [6.45, 7) is 0. The highest BCUT2D eigenvalue weighted by atomic mass is 19.1. The number of nitrogens with one attached hydrogen (secondary N) is 1. The average Bonchev–Trinajstić information content (AvgIpc) is 3.09. The van der Waals surface area contributed by atoms with E-state index >= 15 is 0 Å². The van der Waals surface area contributed by atoms with E-state index in [-0.39, 0.29) is 22.7 Å². The van der Waals surface area contributed by atoms with Crippen LogP contribution in [0.3, 0.4) is 0 Å². The van der Waals surface area contributed by atoms with Crippen molar-refractivity contribution in [1.29, 1.82) is 0 Å². The van der Waals surface area contributed by atoms with Crippen molar-refractivity contribution in [3.8, 4) is 28.4 Å². The molecule has 0 bridgehead atoms. The largest absolute Gasteiger partial charge is 0.496 e. The van der Waals surface area contributed by atoms with Crippen molar-refractivity contribution in [2.24, 2.45) is 5.73 Å². The third-order valence-electron chi connectivity index (χ3n) is 3.43. The summed E-state index contributed by atoms with van der Waals surface area (Å²) < 4.78 is 34.1. The summed E-state index contributed by atoms with van der Waals surface area (Å²) in [4.78, 5) is 22.3. The predicted molar refractivity (Wildman–Crippen MR) is 82.2 cm³/mol. The molecule has 122 valence electrons. The van der Waals surface area contributed by atoms with Crippen LogP contribution in [0.1, 0.15) is 10.4 Å². The molecule has 2 aromatic heterocycles. The van der Waals surface area contributed by atoms with Crippen molar-refractivity contribution in [1.82, 2.24) is 15.0 Å². The van der Waals surface area contributed by atoms with Gasteiger partial charge in [0.1, 0.15) is 17.3 Å². The number of primary amides is 1. The number of hydrogen-bond acceptors (Lipinski definition) is 4. The van der Waals surface area contributed by atoms with E-state index in [1.807, 2.05) is 0 Å². The van der Waals surface area contributed by atoms with E-state index in [2.05, 4.69) is 15.0 Å². The fourth-order valence-electron chi connectivity index (χ4n) is 2.31. The van der Waals surface area contributed by atoms with Crippen LogP contribution in [0.25, 0.3) is 22.6 Å². The molecule has 0 atom stereocenters. The van der Waals surface area contributed by atoms with Crippen LogP contribution in [0.5, 0.6) is 5.75 Å².